The molecular weight excluding hydrogens is 376 g/mol. The van der Waals surface area contributed by atoms with E-state index in [1.165, 1.54) is 16.7 Å². The number of hydrogen-bond acceptors (Lipinski definition) is 5. The van der Waals surface area contributed by atoms with Gasteiger partial charge in [0.05, 0.1) is 17.0 Å². The number of rotatable bonds is 4. The number of anilines is 2. The fourth-order valence-corrected chi connectivity index (χ4v) is 4.61. The van der Waals surface area contributed by atoms with Crippen LogP contribution in [0, 0.1) is 0 Å². The Morgan fingerprint density at radius 1 is 1.00 bits per heavy atom. The maximum absolute atomic E-state index is 12.5. The number of carbonyl (C=O) groups is 1. The van der Waals surface area contributed by atoms with E-state index in [1.54, 1.807) is 24.3 Å². The first-order valence-electron chi connectivity index (χ1n) is 8.82. The maximum Gasteiger partial charge on any atom is 0.258 e. The van der Waals surface area contributed by atoms with Gasteiger partial charge >= 0.3 is 0 Å². The van der Waals surface area contributed by atoms with Crippen LogP contribution in [0.5, 0.6) is 0 Å². The molecule has 28 heavy (non-hydrogen) atoms. The van der Waals surface area contributed by atoms with Gasteiger partial charge in [-0.2, -0.15) is 0 Å². The molecular formula is C20H18N4O3S. The van der Waals surface area contributed by atoms with Gasteiger partial charge in [0.15, 0.2) is 5.82 Å². The van der Waals surface area contributed by atoms with Crippen molar-refractivity contribution < 1.29 is 13.2 Å². The lowest BCUT2D eigenvalue weighted by atomic mass is 10.2. The van der Waals surface area contributed by atoms with E-state index < -0.39 is 10.0 Å². The molecule has 1 N–H and O–H groups in total. The molecule has 142 valence electrons. The Balaban J connectivity index is 1.50. The van der Waals surface area contributed by atoms with Gasteiger partial charge in [0, 0.05) is 30.2 Å². The second-order valence-corrected chi connectivity index (χ2v) is 8.42. The Labute approximate surface area is 163 Å². The van der Waals surface area contributed by atoms with Crippen LogP contribution in [-0.2, 0) is 10.0 Å². The summed E-state index contributed by atoms with van der Waals surface area (Å²) in [5, 5.41) is 2.77. The molecule has 4 rings (SSSR count). The van der Waals surface area contributed by atoms with E-state index in [9.17, 15) is 13.2 Å². The number of amides is 1. The minimum Gasteiger partial charge on any atom is -0.322 e. The summed E-state index contributed by atoms with van der Waals surface area (Å²) in [4.78, 5) is 21.0. The van der Waals surface area contributed by atoms with Crippen LogP contribution in [-0.4, -0.2) is 36.6 Å². The fraction of sp³-hybridized carbons (Fsp3) is 0.150. The van der Waals surface area contributed by atoms with E-state index in [0.717, 1.165) is 5.56 Å². The van der Waals surface area contributed by atoms with E-state index >= 15 is 0 Å². The quantitative estimate of drug-likeness (QED) is 0.734. The number of aromatic nitrogens is 2. The van der Waals surface area contributed by atoms with Crippen molar-refractivity contribution in [1.29, 1.82) is 0 Å². The molecule has 1 fully saturated rings. The zero-order valence-electron chi connectivity index (χ0n) is 14.9. The summed E-state index contributed by atoms with van der Waals surface area (Å²) in [6.45, 7) is 0.453. The van der Waals surface area contributed by atoms with Crippen LogP contribution >= 0.6 is 0 Å². The predicted octanol–water partition coefficient (Wildman–Crippen LogP) is 2.94. The Bertz CT molecular complexity index is 1100. The van der Waals surface area contributed by atoms with Crippen LogP contribution in [0.15, 0.2) is 67.0 Å². The van der Waals surface area contributed by atoms with Crippen molar-refractivity contribution in [2.75, 3.05) is 21.9 Å². The molecule has 0 radical (unpaired) electrons. The number of nitrogens with one attached hydrogen (secondary N) is 1. The molecule has 0 saturated carbocycles. The fourth-order valence-electron chi connectivity index (χ4n) is 3.05. The monoisotopic (exact) mass is 394 g/mol. The molecule has 7 nitrogen and oxygen atoms in total. The molecule has 1 aliphatic heterocycles. The van der Waals surface area contributed by atoms with Crippen molar-refractivity contribution in [3.8, 4) is 11.4 Å². The van der Waals surface area contributed by atoms with Crippen molar-refractivity contribution >= 4 is 27.3 Å². The van der Waals surface area contributed by atoms with E-state index in [4.69, 9.17) is 0 Å². The van der Waals surface area contributed by atoms with Gasteiger partial charge in [-0.05, 0) is 24.6 Å². The molecule has 2 heterocycles. The molecule has 0 aliphatic carbocycles. The molecule has 3 aromatic rings. The summed E-state index contributed by atoms with van der Waals surface area (Å²) in [6, 6.07) is 16.3. The van der Waals surface area contributed by atoms with Crippen LogP contribution in [0.4, 0.5) is 11.4 Å². The summed E-state index contributed by atoms with van der Waals surface area (Å²) < 4.78 is 25.6. The summed E-state index contributed by atoms with van der Waals surface area (Å²) in [7, 11) is -3.27. The zero-order chi connectivity index (χ0) is 19.6. The maximum atomic E-state index is 12.5. The first-order chi connectivity index (χ1) is 13.5. The molecule has 0 atom stereocenters. The average molecular weight is 394 g/mol. The van der Waals surface area contributed by atoms with Crippen molar-refractivity contribution in [2.24, 2.45) is 0 Å². The van der Waals surface area contributed by atoms with E-state index in [0.29, 0.717) is 35.7 Å². The number of hydrogen-bond donors (Lipinski definition) is 1. The number of nitrogens with zero attached hydrogens (tertiary/aromatic N) is 3. The van der Waals surface area contributed by atoms with Crippen LogP contribution in [0.3, 0.4) is 0 Å². The first kappa shape index (κ1) is 18.1. The van der Waals surface area contributed by atoms with Crippen molar-refractivity contribution in [1.82, 2.24) is 9.97 Å². The van der Waals surface area contributed by atoms with Gasteiger partial charge in [0.25, 0.3) is 5.91 Å². The van der Waals surface area contributed by atoms with Gasteiger partial charge in [-0.25, -0.2) is 18.4 Å². The molecule has 0 unspecified atom stereocenters. The SMILES string of the molecule is O=C(Nc1cccc(N2CCCS2(=O)=O)c1)c1cnc(-c2ccccc2)nc1. The third-order valence-electron chi connectivity index (χ3n) is 4.44. The van der Waals surface area contributed by atoms with Gasteiger partial charge in [-0.1, -0.05) is 36.4 Å². The second kappa shape index (κ2) is 7.40. The standard InChI is InChI=1S/C20H18N4O3S/c25-20(16-13-21-19(22-14-16)15-6-2-1-3-7-15)23-17-8-4-9-18(12-17)24-10-5-11-28(24,26)27/h1-4,6-9,12-14H,5,10-11H2,(H,23,25). The number of sulfonamides is 1. The summed E-state index contributed by atoms with van der Waals surface area (Å²) in [6.07, 6.45) is 3.54. The normalized spacial score (nSPS) is 15.4. The molecule has 0 spiro atoms. The lowest BCUT2D eigenvalue weighted by molar-refractivity contribution is 0.102. The highest BCUT2D eigenvalue weighted by atomic mass is 32.2. The van der Waals surface area contributed by atoms with Gasteiger partial charge in [0.2, 0.25) is 10.0 Å². The lowest BCUT2D eigenvalue weighted by Gasteiger charge is -2.17. The van der Waals surface area contributed by atoms with Gasteiger partial charge in [-0.15, -0.1) is 0 Å². The van der Waals surface area contributed by atoms with Crippen LogP contribution in [0.2, 0.25) is 0 Å². The lowest BCUT2D eigenvalue weighted by Crippen LogP contribution is -2.25. The third-order valence-corrected chi connectivity index (χ3v) is 6.31. The highest BCUT2D eigenvalue weighted by Gasteiger charge is 2.28. The molecule has 2 aromatic carbocycles. The minimum atomic E-state index is -3.27. The molecule has 0 bridgehead atoms. The van der Waals surface area contributed by atoms with Gasteiger partial charge < -0.3 is 5.32 Å². The van der Waals surface area contributed by atoms with E-state index in [1.807, 2.05) is 30.3 Å². The second-order valence-electron chi connectivity index (χ2n) is 6.41. The average Bonchev–Trinajstić information content (AvgIpc) is 3.08. The topological polar surface area (TPSA) is 92.3 Å². The first-order valence-corrected chi connectivity index (χ1v) is 10.4. The molecule has 1 aromatic heterocycles. The summed E-state index contributed by atoms with van der Waals surface area (Å²) in [5.41, 5.74) is 2.25. The summed E-state index contributed by atoms with van der Waals surface area (Å²) in [5.74, 6) is 0.328. The van der Waals surface area contributed by atoms with E-state index in [2.05, 4.69) is 15.3 Å². The van der Waals surface area contributed by atoms with Crippen LogP contribution in [0.1, 0.15) is 16.8 Å². The van der Waals surface area contributed by atoms with Crippen molar-refractivity contribution in [3.63, 3.8) is 0 Å². The Morgan fingerprint density at radius 3 is 2.43 bits per heavy atom. The predicted molar refractivity (Wildman–Crippen MR) is 108 cm³/mol. The van der Waals surface area contributed by atoms with Crippen molar-refractivity contribution in [2.45, 2.75) is 6.42 Å². The largest absolute Gasteiger partial charge is 0.322 e. The molecule has 1 saturated heterocycles. The Morgan fingerprint density at radius 2 is 1.75 bits per heavy atom. The summed E-state index contributed by atoms with van der Waals surface area (Å²) >= 11 is 0. The molecule has 1 aliphatic rings. The highest BCUT2D eigenvalue weighted by molar-refractivity contribution is 7.93. The Kier molecular flexibility index (Phi) is 4.79. The number of benzene rings is 2. The number of carbonyl (C=O) groups excluding carboxylic acids is 1. The minimum absolute atomic E-state index is 0.148. The Hall–Kier alpha value is -3.26. The van der Waals surface area contributed by atoms with Crippen molar-refractivity contribution in [3.05, 3.63) is 72.6 Å². The zero-order valence-corrected chi connectivity index (χ0v) is 15.8. The van der Waals surface area contributed by atoms with Gasteiger partial charge in [0.1, 0.15) is 0 Å². The molecule has 1 amide bonds. The molecule has 8 heteroatoms. The van der Waals surface area contributed by atoms with Crippen LogP contribution in [0.25, 0.3) is 11.4 Å². The third kappa shape index (κ3) is 3.72. The van der Waals surface area contributed by atoms with Crippen LogP contribution < -0.4 is 9.62 Å². The highest BCUT2D eigenvalue weighted by Crippen LogP contribution is 2.26. The smallest absolute Gasteiger partial charge is 0.258 e. The van der Waals surface area contributed by atoms with Gasteiger partial charge in [-0.3, -0.25) is 9.10 Å². The van der Waals surface area contributed by atoms with E-state index in [-0.39, 0.29) is 11.7 Å².